The SMILES string of the molecule is CNCCC(=O)NC(Cc1c[nH]c2ccccc12)C(=O)O. The summed E-state index contributed by atoms with van der Waals surface area (Å²) in [6, 6.07) is 6.76. The van der Waals surface area contributed by atoms with Gasteiger partial charge in [-0.25, -0.2) is 4.79 Å². The molecule has 0 spiro atoms. The lowest BCUT2D eigenvalue weighted by Gasteiger charge is -2.14. The summed E-state index contributed by atoms with van der Waals surface area (Å²) in [5.74, 6) is -1.30. The van der Waals surface area contributed by atoms with Crippen molar-refractivity contribution in [3.63, 3.8) is 0 Å². The Labute approximate surface area is 122 Å². The number of para-hydroxylation sites is 1. The molecule has 0 fully saturated rings. The van der Waals surface area contributed by atoms with E-state index in [0.29, 0.717) is 6.54 Å². The van der Waals surface area contributed by atoms with Crippen LogP contribution in [0.5, 0.6) is 0 Å². The Morgan fingerprint density at radius 1 is 1.33 bits per heavy atom. The van der Waals surface area contributed by atoms with E-state index in [4.69, 9.17) is 0 Å². The van der Waals surface area contributed by atoms with Gasteiger partial charge in [-0.05, 0) is 18.7 Å². The predicted molar refractivity (Wildman–Crippen MR) is 80.1 cm³/mol. The van der Waals surface area contributed by atoms with Crippen molar-refractivity contribution in [3.05, 3.63) is 36.0 Å². The average molecular weight is 289 g/mol. The Balaban J connectivity index is 2.09. The molecule has 0 aliphatic heterocycles. The van der Waals surface area contributed by atoms with Crippen LogP contribution in [0.25, 0.3) is 10.9 Å². The minimum atomic E-state index is -1.03. The molecule has 1 heterocycles. The lowest BCUT2D eigenvalue weighted by atomic mass is 10.0. The van der Waals surface area contributed by atoms with E-state index < -0.39 is 12.0 Å². The summed E-state index contributed by atoms with van der Waals surface area (Å²) < 4.78 is 0. The first-order valence-corrected chi connectivity index (χ1v) is 6.83. The molecular formula is C15H19N3O3. The topological polar surface area (TPSA) is 94.2 Å². The van der Waals surface area contributed by atoms with Crippen LogP contribution in [0.15, 0.2) is 30.5 Å². The van der Waals surface area contributed by atoms with Crippen LogP contribution in [0.4, 0.5) is 0 Å². The average Bonchev–Trinajstić information content (AvgIpc) is 2.87. The smallest absolute Gasteiger partial charge is 0.326 e. The van der Waals surface area contributed by atoms with Crippen molar-refractivity contribution in [1.82, 2.24) is 15.6 Å². The molecule has 21 heavy (non-hydrogen) atoms. The maximum Gasteiger partial charge on any atom is 0.326 e. The Bertz CT molecular complexity index is 636. The van der Waals surface area contributed by atoms with Crippen molar-refractivity contribution >= 4 is 22.8 Å². The van der Waals surface area contributed by atoms with E-state index in [0.717, 1.165) is 16.5 Å². The number of amides is 1. The number of aromatic nitrogens is 1. The minimum Gasteiger partial charge on any atom is -0.480 e. The number of carboxylic acids is 1. The summed E-state index contributed by atoms with van der Waals surface area (Å²) in [7, 11) is 1.74. The van der Waals surface area contributed by atoms with Gasteiger partial charge in [0.05, 0.1) is 0 Å². The second-order valence-electron chi connectivity index (χ2n) is 4.88. The van der Waals surface area contributed by atoms with Crippen LogP contribution in [-0.2, 0) is 16.0 Å². The summed E-state index contributed by atoms with van der Waals surface area (Å²) in [4.78, 5) is 26.1. The van der Waals surface area contributed by atoms with Gasteiger partial charge in [0.2, 0.25) is 5.91 Å². The monoisotopic (exact) mass is 289 g/mol. The first kappa shape index (κ1) is 15.1. The highest BCUT2D eigenvalue weighted by Gasteiger charge is 2.21. The van der Waals surface area contributed by atoms with E-state index in [1.54, 1.807) is 13.2 Å². The van der Waals surface area contributed by atoms with Gasteiger partial charge >= 0.3 is 5.97 Å². The first-order valence-electron chi connectivity index (χ1n) is 6.83. The van der Waals surface area contributed by atoms with Crippen molar-refractivity contribution in [2.45, 2.75) is 18.9 Å². The van der Waals surface area contributed by atoms with Crippen LogP contribution >= 0.6 is 0 Å². The third-order valence-electron chi connectivity index (χ3n) is 3.33. The fourth-order valence-corrected chi connectivity index (χ4v) is 2.23. The summed E-state index contributed by atoms with van der Waals surface area (Å²) in [6.45, 7) is 0.519. The standard InChI is InChI=1S/C15H19N3O3/c1-16-7-6-14(19)18-13(15(20)21)8-10-9-17-12-5-3-2-4-11(10)12/h2-5,9,13,16-17H,6-8H2,1H3,(H,18,19)(H,20,21). The normalized spacial score (nSPS) is 12.2. The Hall–Kier alpha value is -2.34. The first-order chi connectivity index (χ1) is 10.1. The predicted octanol–water partition coefficient (Wildman–Crippen LogP) is 0.889. The highest BCUT2D eigenvalue weighted by Crippen LogP contribution is 2.19. The Morgan fingerprint density at radius 2 is 2.10 bits per heavy atom. The zero-order valence-electron chi connectivity index (χ0n) is 11.8. The second kappa shape index (κ2) is 6.90. The molecule has 4 N–H and O–H groups in total. The number of benzene rings is 1. The van der Waals surface area contributed by atoms with Crippen molar-refractivity contribution in [3.8, 4) is 0 Å². The fourth-order valence-electron chi connectivity index (χ4n) is 2.23. The van der Waals surface area contributed by atoms with Gasteiger partial charge in [-0.2, -0.15) is 0 Å². The van der Waals surface area contributed by atoms with Crippen LogP contribution in [0, 0.1) is 0 Å². The summed E-state index contributed by atoms with van der Waals surface area (Å²) in [5, 5.41) is 15.7. The maximum atomic E-state index is 11.7. The number of carbonyl (C=O) groups excluding carboxylic acids is 1. The van der Waals surface area contributed by atoms with Crippen LogP contribution in [0.1, 0.15) is 12.0 Å². The molecule has 0 aliphatic carbocycles. The number of nitrogens with one attached hydrogen (secondary N) is 3. The summed E-state index contributed by atoms with van der Waals surface area (Å²) >= 11 is 0. The van der Waals surface area contributed by atoms with Crippen LogP contribution in [0.2, 0.25) is 0 Å². The Kier molecular flexibility index (Phi) is 4.94. The minimum absolute atomic E-state index is 0.255. The van der Waals surface area contributed by atoms with Crippen molar-refractivity contribution < 1.29 is 14.7 Å². The summed E-state index contributed by atoms with van der Waals surface area (Å²) in [6.07, 6.45) is 2.30. The molecule has 0 aliphatic rings. The Morgan fingerprint density at radius 3 is 2.81 bits per heavy atom. The van der Waals surface area contributed by atoms with Gasteiger partial charge in [0.15, 0.2) is 0 Å². The number of hydrogen-bond acceptors (Lipinski definition) is 3. The molecule has 6 nitrogen and oxygen atoms in total. The highest BCUT2D eigenvalue weighted by atomic mass is 16.4. The maximum absolute atomic E-state index is 11.7. The molecule has 1 atom stereocenters. The molecule has 112 valence electrons. The molecule has 2 aromatic rings. The molecular weight excluding hydrogens is 270 g/mol. The van der Waals surface area contributed by atoms with E-state index >= 15 is 0 Å². The third kappa shape index (κ3) is 3.82. The molecule has 0 bridgehead atoms. The number of fused-ring (bicyclic) bond motifs is 1. The zero-order chi connectivity index (χ0) is 15.2. The van der Waals surface area contributed by atoms with E-state index in [1.165, 1.54) is 0 Å². The number of hydrogen-bond donors (Lipinski definition) is 4. The lowest BCUT2D eigenvalue weighted by molar-refractivity contribution is -0.141. The van der Waals surface area contributed by atoms with Gasteiger partial charge in [-0.15, -0.1) is 0 Å². The van der Waals surface area contributed by atoms with E-state index in [1.807, 2.05) is 24.3 Å². The van der Waals surface area contributed by atoms with Gasteiger partial charge < -0.3 is 20.7 Å². The van der Waals surface area contributed by atoms with E-state index in [9.17, 15) is 14.7 Å². The molecule has 0 radical (unpaired) electrons. The zero-order valence-corrected chi connectivity index (χ0v) is 11.8. The largest absolute Gasteiger partial charge is 0.480 e. The molecule has 2 rings (SSSR count). The molecule has 1 aromatic heterocycles. The number of carbonyl (C=O) groups is 2. The molecule has 6 heteroatoms. The molecule has 1 aromatic carbocycles. The van der Waals surface area contributed by atoms with Gasteiger partial charge in [0, 0.05) is 36.5 Å². The van der Waals surface area contributed by atoms with Gasteiger partial charge in [0.1, 0.15) is 6.04 Å². The van der Waals surface area contributed by atoms with E-state index in [2.05, 4.69) is 15.6 Å². The van der Waals surface area contributed by atoms with Crippen molar-refractivity contribution in [2.75, 3.05) is 13.6 Å². The molecule has 0 saturated heterocycles. The van der Waals surface area contributed by atoms with Gasteiger partial charge in [0.25, 0.3) is 0 Å². The van der Waals surface area contributed by atoms with E-state index in [-0.39, 0.29) is 18.7 Å². The number of carboxylic acid groups (broad SMARTS) is 1. The summed E-state index contributed by atoms with van der Waals surface area (Å²) in [5.41, 5.74) is 1.84. The van der Waals surface area contributed by atoms with Crippen LogP contribution in [-0.4, -0.2) is 41.6 Å². The van der Waals surface area contributed by atoms with Crippen molar-refractivity contribution in [1.29, 1.82) is 0 Å². The molecule has 0 saturated carbocycles. The van der Waals surface area contributed by atoms with Crippen LogP contribution in [0.3, 0.4) is 0 Å². The van der Waals surface area contributed by atoms with Gasteiger partial charge in [-0.1, -0.05) is 18.2 Å². The third-order valence-corrected chi connectivity index (χ3v) is 3.33. The number of aliphatic carboxylic acids is 1. The van der Waals surface area contributed by atoms with Gasteiger partial charge in [-0.3, -0.25) is 4.79 Å². The quantitative estimate of drug-likeness (QED) is 0.609. The fraction of sp³-hybridized carbons (Fsp3) is 0.333. The van der Waals surface area contributed by atoms with Crippen LogP contribution < -0.4 is 10.6 Å². The second-order valence-corrected chi connectivity index (χ2v) is 4.88. The molecule has 1 unspecified atom stereocenters. The number of H-pyrrole nitrogens is 1. The number of rotatable bonds is 7. The lowest BCUT2D eigenvalue weighted by Crippen LogP contribution is -2.42. The van der Waals surface area contributed by atoms with Crippen molar-refractivity contribution in [2.24, 2.45) is 0 Å². The molecule has 1 amide bonds. The number of aromatic amines is 1. The highest BCUT2D eigenvalue weighted by molar-refractivity contribution is 5.86.